The predicted octanol–water partition coefficient (Wildman–Crippen LogP) is 3.72. The van der Waals surface area contributed by atoms with Gasteiger partial charge in [0.2, 0.25) is 0 Å². The van der Waals surface area contributed by atoms with Crippen LogP contribution in [0, 0.1) is 13.8 Å². The van der Waals surface area contributed by atoms with Gasteiger partial charge in [-0.1, -0.05) is 0 Å². The topological polar surface area (TPSA) is 56.7 Å². The van der Waals surface area contributed by atoms with E-state index in [-0.39, 0.29) is 12.1 Å². The molecule has 6 nitrogen and oxygen atoms in total. The van der Waals surface area contributed by atoms with Gasteiger partial charge in [0.25, 0.3) is 5.88 Å². The Morgan fingerprint density at radius 2 is 1.67 bits per heavy atom. The molecule has 1 atom stereocenters. The van der Waals surface area contributed by atoms with Gasteiger partial charge in [0.15, 0.2) is 5.75 Å². The van der Waals surface area contributed by atoms with Crippen molar-refractivity contribution < 1.29 is 14.2 Å². The summed E-state index contributed by atoms with van der Waals surface area (Å²) in [6.45, 7) is 8.14. The van der Waals surface area contributed by atoms with Crippen molar-refractivity contribution in [3.63, 3.8) is 0 Å². The number of pyridine rings is 2. The van der Waals surface area contributed by atoms with Crippen LogP contribution in [0.25, 0.3) is 0 Å². The van der Waals surface area contributed by atoms with Crippen LogP contribution in [0.4, 0.5) is 0 Å². The van der Waals surface area contributed by atoms with E-state index in [2.05, 4.69) is 21.8 Å². The van der Waals surface area contributed by atoms with E-state index in [1.807, 2.05) is 38.1 Å². The van der Waals surface area contributed by atoms with E-state index >= 15 is 0 Å². The SMILES string of the molecule is COc1ccc(C(C)N2CCC(Oc3cc(C)nc(C)c3)CC2)nc1OC. The highest BCUT2D eigenvalue weighted by molar-refractivity contribution is 5.35. The van der Waals surface area contributed by atoms with E-state index in [9.17, 15) is 0 Å². The first-order valence-electron chi connectivity index (χ1n) is 9.45. The predicted molar refractivity (Wildman–Crippen MR) is 105 cm³/mol. The first kappa shape index (κ1) is 19.4. The second-order valence-electron chi connectivity index (χ2n) is 7.06. The molecule has 3 rings (SSSR count). The minimum Gasteiger partial charge on any atom is -0.491 e. The number of rotatable bonds is 6. The highest BCUT2D eigenvalue weighted by Gasteiger charge is 2.26. The van der Waals surface area contributed by atoms with Gasteiger partial charge in [-0.25, -0.2) is 4.98 Å². The van der Waals surface area contributed by atoms with Crippen molar-refractivity contribution in [3.8, 4) is 17.4 Å². The van der Waals surface area contributed by atoms with Crippen molar-refractivity contribution in [1.29, 1.82) is 0 Å². The molecule has 0 spiro atoms. The van der Waals surface area contributed by atoms with Gasteiger partial charge in [-0.2, -0.15) is 0 Å². The van der Waals surface area contributed by atoms with Crippen molar-refractivity contribution in [1.82, 2.24) is 14.9 Å². The summed E-state index contributed by atoms with van der Waals surface area (Å²) >= 11 is 0. The number of methoxy groups -OCH3 is 2. The first-order valence-corrected chi connectivity index (χ1v) is 9.45. The Morgan fingerprint density at radius 1 is 1.00 bits per heavy atom. The second kappa shape index (κ2) is 8.57. The molecule has 3 heterocycles. The lowest BCUT2D eigenvalue weighted by atomic mass is 10.0. The largest absolute Gasteiger partial charge is 0.491 e. The van der Waals surface area contributed by atoms with Gasteiger partial charge in [0.1, 0.15) is 11.9 Å². The van der Waals surface area contributed by atoms with Crippen LogP contribution in [-0.2, 0) is 0 Å². The molecule has 0 aromatic carbocycles. The number of aromatic nitrogens is 2. The smallest absolute Gasteiger partial charge is 0.257 e. The fourth-order valence-electron chi connectivity index (χ4n) is 3.60. The standard InChI is InChI=1S/C21H29N3O3/c1-14-12-18(13-15(2)22-14)27-17-8-10-24(11-9-17)16(3)19-6-7-20(25-4)21(23-19)26-5/h6-7,12-13,16-17H,8-11H2,1-5H3. The Balaban J connectivity index is 1.60. The Kier molecular flexibility index (Phi) is 6.16. The normalized spacial score (nSPS) is 16.8. The van der Waals surface area contributed by atoms with Gasteiger partial charge < -0.3 is 14.2 Å². The quantitative estimate of drug-likeness (QED) is 0.771. The summed E-state index contributed by atoms with van der Waals surface area (Å²) in [5.41, 5.74) is 2.98. The lowest BCUT2D eigenvalue weighted by Gasteiger charge is -2.36. The number of ether oxygens (including phenoxy) is 3. The van der Waals surface area contributed by atoms with E-state index in [1.54, 1.807) is 14.2 Å². The molecular formula is C21H29N3O3. The van der Waals surface area contributed by atoms with Gasteiger partial charge in [-0.3, -0.25) is 9.88 Å². The van der Waals surface area contributed by atoms with Crippen LogP contribution in [0.2, 0.25) is 0 Å². The van der Waals surface area contributed by atoms with Crippen LogP contribution in [-0.4, -0.2) is 48.3 Å². The van der Waals surface area contributed by atoms with Gasteiger partial charge >= 0.3 is 0 Å². The Labute approximate surface area is 161 Å². The molecule has 0 aliphatic carbocycles. The Hall–Kier alpha value is -2.34. The molecule has 0 saturated carbocycles. The minimum absolute atomic E-state index is 0.219. The molecule has 0 radical (unpaired) electrons. The van der Waals surface area contributed by atoms with Crippen LogP contribution in [0.3, 0.4) is 0 Å². The fraction of sp³-hybridized carbons (Fsp3) is 0.524. The molecular weight excluding hydrogens is 342 g/mol. The second-order valence-corrected chi connectivity index (χ2v) is 7.06. The van der Waals surface area contributed by atoms with Crippen molar-refractivity contribution in [3.05, 3.63) is 41.3 Å². The van der Waals surface area contributed by atoms with Crippen LogP contribution in [0.15, 0.2) is 24.3 Å². The van der Waals surface area contributed by atoms with Gasteiger partial charge in [0, 0.05) is 42.7 Å². The minimum atomic E-state index is 0.219. The lowest BCUT2D eigenvalue weighted by molar-refractivity contribution is 0.0783. The molecule has 27 heavy (non-hydrogen) atoms. The average Bonchev–Trinajstić information content (AvgIpc) is 2.66. The van der Waals surface area contributed by atoms with Crippen molar-refractivity contribution in [2.24, 2.45) is 0 Å². The third-order valence-electron chi connectivity index (χ3n) is 5.07. The Morgan fingerprint density at radius 3 is 2.26 bits per heavy atom. The molecule has 1 unspecified atom stereocenters. The van der Waals surface area contributed by atoms with E-state index in [0.29, 0.717) is 11.6 Å². The van der Waals surface area contributed by atoms with E-state index < -0.39 is 0 Å². The van der Waals surface area contributed by atoms with Gasteiger partial charge in [0.05, 0.1) is 19.9 Å². The van der Waals surface area contributed by atoms with Crippen molar-refractivity contribution in [2.45, 2.75) is 45.8 Å². The zero-order valence-corrected chi connectivity index (χ0v) is 16.9. The average molecular weight is 371 g/mol. The van der Waals surface area contributed by atoms with Crippen molar-refractivity contribution in [2.75, 3.05) is 27.3 Å². The molecule has 0 bridgehead atoms. The third kappa shape index (κ3) is 4.69. The van der Waals surface area contributed by atoms with Crippen molar-refractivity contribution >= 4 is 0 Å². The molecule has 1 fully saturated rings. The number of likely N-dealkylation sites (tertiary alicyclic amines) is 1. The highest BCUT2D eigenvalue weighted by atomic mass is 16.5. The highest BCUT2D eigenvalue weighted by Crippen LogP contribution is 2.30. The zero-order chi connectivity index (χ0) is 19.4. The summed E-state index contributed by atoms with van der Waals surface area (Å²) < 4.78 is 16.8. The first-order chi connectivity index (χ1) is 13.0. The van der Waals surface area contributed by atoms with E-state index in [4.69, 9.17) is 14.2 Å². The molecule has 1 aliphatic heterocycles. The molecule has 0 amide bonds. The van der Waals surface area contributed by atoms with Crippen LogP contribution in [0.5, 0.6) is 17.4 Å². The summed E-state index contributed by atoms with van der Waals surface area (Å²) in [4.78, 5) is 11.5. The number of aryl methyl sites for hydroxylation is 2. The summed E-state index contributed by atoms with van der Waals surface area (Å²) in [5, 5.41) is 0. The van der Waals surface area contributed by atoms with Crippen LogP contribution < -0.4 is 14.2 Å². The molecule has 2 aromatic heterocycles. The molecule has 146 valence electrons. The van der Waals surface area contributed by atoms with Gasteiger partial charge in [-0.05, 0) is 45.7 Å². The molecule has 1 aliphatic rings. The molecule has 0 N–H and O–H groups in total. The number of nitrogens with zero attached hydrogens (tertiary/aromatic N) is 3. The van der Waals surface area contributed by atoms with E-state index in [1.165, 1.54) is 0 Å². The molecule has 2 aromatic rings. The molecule has 6 heteroatoms. The van der Waals surface area contributed by atoms with Gasteiger partial charge in [-0.15, -0.1) is 0 Å². The Bertz CT molecular complexity index is 753. The maximum Gasteiger partial charge on any atom is 0.257 e. The number of piperidine rings is 1. The van der Waals surface area contributed by atoms with Crippen LogP contribution in [0.1, 0.15) is 42.9 Å². The third-order valence-corrected chi connectivity index (χ3v) is 5.07. The zero-order valence-electron chi connectivity index (χ0n) is 16.9. The number of hydrogen-bond donors (Lipinski definition) is 0. The summed E-state index contributed by atoms with van der Waals surface area (Å²) in [6, 6.07) is 8.17. The van der Waals surface area contributed by atoms with E-state index in [0.717, 1.165) is 48.8 Å². The monoisotopic (exact) mass is 371 g/mol. The fourth-order valence-corrected chi connectivity index (χ4v) is 3.60. The summed E-state index contributed by atoms with van der Waals surface area (Å²) in [7, 11) is 3.24. The lowest BCUT2D eigenvalue weighted by Crippen LogP contribution is -2.39. The summed E-state index contributed by atoms with van der Waals surface area (Å²) in [6.07, 6.45) is 2.24. The molecule has 1 saturated heterocycles. The maximum absolute atomic E-state index is 6.20. The summed E-state index contributed by atoms with van der Waals surface area (Å²) in [5.74, 6) is 2.11. The maximum atomic E-state index is 6.20. The number of hydrogen-bond acceptors (Lipinski definition) is 6. The van der Waals surface area contributed by atoms with Crippen LogP contribution >= 0.6 is 0 Å².